The average Bonchev–Trinajstić information content (AvgIpc) is 2.06. The minimum atomic E-state index is -0.617. The molecule has 0 radical (unpaired) electrons. The highest BCUT2D eigenvalue weighted by Crippen LogP contribution is 2.04. The van der Waals surface area contributed by atoms with Crippen LogP contribution in [0.2, 0.25) is 0 Å². The fourth-order valence-electron chi connectivity index (χ4n) is 1.20. The summed E-state index contributed by atoms with van der Waals surface area (Å²) in [7, 11) is 0. The van der Waals surface area contributed by atoms with Crippen LogP contribution in [-0.2, 0) is 9.59 Å². The van der Waals surface area contributed by atoms with Gasteiger partial charge in [0.1, 0.15) is 11.5 Å². The number of carbonyl (C=O) groups is 2. The molecule has 2 rings (SSSR count). The van der Waals surface area contributed by atoms with Crippen LogP contribution in [0.25, 0.3) is 0 Å². The van der Waals surface area contributed by atoms with Gasteiger partial charge in [0.25, 0.3) is 5.91 Å². The first kappa shape index (κ1) is 7.87. The zero-order chi connectivity index (χ0) is 9.42. The molecule has 0 saturated carbocycles. The molecule has 0 aliphatic carbocycles. The minimum absolute atomic E-state index is 0.145. The standard InChI is InChI=1S/C6H9N5O2/c7-6-10-4-3(5(13)11-6)9-2(12)1-8-4/h6,8,10H,1,7H2,(H,9,12)(H,11,13). The average molecular weight is 183 g/mol. The summed E-state index contributed by atoms with van der Waals surface area (Å²) in [6, 6.07) is 0. The van der Waals surface area contributed by atoms with Crippen LogP contribution in [0.5, 0.6) is 0 Å². The smallest absolute Gasteiger partial charge is 0.274 e. The maximum absolute atomic E-state index is 11.2. The molecule has 6 N–H and O–H groups in total. The molecule has 2 aliphatic rings. The van der Waals surface area contributed by atoms with Gasteiger partial charge in [0.05, 0.1) is 6.54 Å². The van der Waals surface area contributed by atoms with Gasteiger partial charge >= 0.3 is 0 Å². The van der Waals surface area contributed by atoms with Crippen LogP contribution >= 0.6 is 0 Å². The van der Waals surface area contributed by atoms with Gasteiger partial charge in [0.2, 0.25) is 5.91 Å². The second kappa shape index (κ2) is 2.63. The molecule has 0 aromatic carbocycles. The SMILES string of the molecule is NC1NC(=O)C2=C(NCC(=O)N2)N1. The molecule has 1 atom stereocenters. The summed E-state index contributed by atoms with van der Waals surface area (Å²) >= 11 is 0. The maximum atomic E-state index is 11.2. The summed E-state index contributed by atoms with van der Waals surface area (Å²) in [5.74, 6) is -0.163. The van der Waals surface area contributed by atoms with Crippen molar-refractivity contribution in [1.29, 1.82) is 0 Å². The number of amides is 2. The lowest BCUT2D eigenvalue weighted by Gasteiger charge is -2.30. The molecule has 2 heterocycles. The van der Waals surface area contributed by atoms with Crippen LogP contribution in [0.4, 0.5) is 0 Å². The summed E-state index contributed by atoms with van der Waals surface area (Å²) in [6.07, 6.45) is -0.617. The second-order valence-corrected chi connectivity index (χ2v) is 2.75. The molecule has 0 aromatic heterocycles. The molecule has 0 saturated heterocycles. The van der Waals surface area contributed by atoms with Crippen LogP contribution in [0.3, 0.4) is 0 Å². The Morgan fingerprint density at radius 3 is 2.85 bits per heavy atom. The Kier molecular flexibility index (Phi) is 1.59. The summed E-state index contributed by atoms with van der Waals surface area (Å²) in [5, 5.41) is 10.4. The van der Waals surface area contributed by atoms with Gasteiger partial charge < -0.3 is 21.3 Å². The highest BCUT2D eigenvalue weighted by Gasteiger charge is 2.28. The van der Waals surface area contributed by atoms with Crippen molar-refractivity contribution in [2.75, 3.05) is 6.54 Å². The number of hydrogen-bond donors (Lipinski definition) is 5. The van der Waals surface area contributed by atoms with Crippen LogP contribution in [-0.4, -0.2) is 24.6 Å². The number of nitrogens with two attached hydrogens (primary N) is 1. The summed E-state index contributed by atoms with van der Waals surface area (Å²) in [5.41, 5.74) is 5.63. The highest BCUT2D eigenvalue weighted by atomic mass is 16.2. The third-order valence-electron chi connectivity index (χ3n) is 1.75. The second-order valence-electron chi connectivity index (χ2n) is 2.75. The van der Waals surface area contributed by atoms with E-state index in [4.69, 9.17) is 5.73 Å². The molecule has 1 unspecified atom stereocenters. The third-order valence-corrected chi connectivity index (χ3v) is 1.75. The number of carbonyl (C=O) groups excluding carboxylic acids is 2. The fourth-order valence-corrected chi connectivity index (χ4v) is 1.20. The van der Waals surface area contributed by atoms with E-state index in [9.17, 15) is 9.59 Å². The summed E-state index contributed by atoms with van der Waals surface area (Å²) < 4.78 is 0. The predicted octanol–water partition coefficient (Wildman–Crippen LogP) is -3.16. The molecule has 70 valence electrons. The fraction of sp³-hybridized carbons (Fsp3) is 0.333. The Labute approximate surface area is 73.7 Å². The molecule has 0 aromatic rings. The van der Waals surface area contributed by atoms with Crippen molar-refractivity contribution < 1.29 is 9.59 Å². The molecule has 0 fully saturated rings. The zero-order valence-corrected chi connectivity index (χ0v) is 6.68. The van der Waals surface area contributed by atoms with Crippen molar-refractivity contribution >= 4 is 11.8 Å². The van der Waals surface area contributed by atoms with E-state index in [-0.39, 0.29) is 24.1 Å². The maximum Gasteiger partial charge on any atom is 0.274 e. The van der Waals surface area contributed by atoms with Gasteiger partial charge in [-0.1, -0.05) is 0 Å². The lowest BCUT2D eigenvalue weighted by molar-refractivity contribution is -0.125. The van der Waals surface area contributed by atoms with Gasteiger partial charge in [-0.25, -0.2) is 0 Å². The van der Waals surface area contributed by atoms with Gasteiger partial charge in [-0.2, -0.15) is 0 Å². The van der Waals surface area contributed by atoms with Crippen molar-refractivity contribution in [3.8, 4) is 0 Å². The first-order chi connectivity index (χ1) is 6.16. The van der Waals surface area contributed by atoms with Gasteiger partial charge in [-0.15, -0.1) is 0 Å². The van der Waals surface area contributed by atoms with Crippen LogP contribution in [0.1, 0.15) is 0 Å². The Bertz CT molecular complexity index is 310. The van der Waals surface area contributed by atoms with E-state index in [1.165, 1.54) is 0 Å². The number of nitrogens with one attached hydrogen (secondary N) is 4. The first-order valence-electron chi connectivity index (χ1n) is 3.78. The molecular formula is C6H9N5O2. The Balaban J connectivity index is 2.29. The largest absolute Gasteiger partial charge is 0.361 e. The Morgan fingerprint density at radius 2 is 2.08 bits per heavy atom. The van der Waals surface area contributed by atoms with E-state index in [0.29, 0.717) is 5.82 Å². The van der Waals surface area contributed by atoms with Gasteiger partial charge in [0, 0.05) is 0 Å². The topological polar surface area (TPSA) is 108 Å². The van der Waals surface area contributed by atoms with E-state index in [0.717, 1.165) is 0 Å². The predicted molar refractivity (Wildman–Crippen MR) is 42.4 cm³/mol. The quantitative estimate of drug-likeness (QED) is 0.272. The number of rotatable bonds is 0. The molecule has 0 spiro atoms. The van der Waals surface area contributed by atoms with Gasteiger partial charge in [-0.05, 0) is 0 Å². The van der Waals surface area contributed by atoms with Crippen molar-refractivity contribution in [1.82, 2.24) is 21.3 Å². The summed E-state index contributed by atoms with van der Waals surface area (Å²) in [4.78, 5) is 22.1. The van der Waals surface area contributed by atoms with Crippen molar-refractivity contribution in [3.05, 3.63) is 11.5 Å². The van der Waals surface area contributed by atoms with Crippen LogP contribution < -0.4 is 27.0 Å². The van der Waals surface area contributed by atoms with E-state index < -0.39 is 6.29 Å². The zero-order valence-electron chi connectivity index (χ0n) is 6.68. The Morgan fingerprint density at radius 1 is 1.31 bits per heavy atom. The molecule has 7 heteroatoms. The van der Waals surface area contributed by atoms with E-state index in [1.807, 2.05) is 0 Å². The lowest BCUT2D eigenvalue weighted by Crippen LogP contribution is -2.62. The lowest BCUT2D eigenvalue weighted by atomic mass is 10.3. The highest BCUT2D eigenvalue weighted by molar-refractivity contribution is 6.00. The van der Waals surface area contributed by atoms with E-state index in [1.54, 1.807) is 0 Å². The summed E-state index contributed by atoms with van der Waals surface area (Å²) in [6.45, 7) is 0.145. The molecule has 2 aliphatic heterocycles. The molecular weight excluding hydrogens is 174 g/mol. The van der Waals surface area contributed by atoms with Crippen LogP contribution in [0.15, 0.2) is 11.5 Å². The van der Waals surface area contributed by atoms with Crippen molar-refractivity contribution in [3.63, 3.8) is 0 Å². The van der Waals surface area contributed by atoms with Gasteiger partial charge in [0.15, 0.2) is 6.29 Å². The third kappa shape index (κ3) is 1.29. The van der Waals surface area contributed by atoms with E-state index >= 15 is 0 Å². The normalized spacial score (nSPS) is 26.7. The van der Waals surface area contributed by atoms with Crippen molar-refractivity contribution in [2.45, 2.75) is 6.29 Å². The van der Waals surface area contributed by atoms with Gasteiger partial charge in [-0.3, -0.25) is 15.3 Å². The first-order valence-corrected chi connectivity index (χ1v) is 3.78. The molecule has 13 heavy (non-hydrogen) atoms. The van der Waals surface area contributed by atoms with Crippen molar-refractivity contribution in [2.24, 2.45) is 5.73 Å². The van der Waals surface area contributed by atoms with E-state index in [2.05, 4.69) is 21.3 Å². The Hall–Kier alpha value is -1.76. The minimum Gasteiger partial charge on any atom is -0.361 e. The molecule has 7 nitrogen and oxygen atoms in total. The number of hydrogen-bond acceptors (Lipinski definition) is 5. The molecule has 0 bridgehead atoms. The molecule has 2 amide bonds. The monoisotopic (exact) mass is 183 g/mol. The van der Waals surface area contributed by atoms with Crippen LogP contribution in [0, 0.1) is 0 Å².